The number of hydrogen-bond donors (Lipinski definition) is 2. The first kappa shape index (κ1) is 17.2. The Labute approximate surface area is 145 Å². The number of aromatic nitrogens is 2. The Kier molecular flexibility index (Phi) is 4.84. The van der Waals surface area contributed by atoms with Gasteiger partial charge in [-0.3, -0.25) is 9.59 Å². The molecule has 2 aromatic rings. The molecule has 1 aliphatic heterocycles. The highest BCUT2D eigenvalue weighted by atomic mass is 32.2. The molecule has 1 fully saturated rings. The molecule has 0 spiro atoms. The van der Waals surface area contributed by atoms with Gasteiger partial charge in [0.15, 0.2) is 9.84 Å². The molecule has 8 nitrogen and oxygen atoms in total. The zero-order chi connectivity index (χ0) is 17.9. The maximum Gasteiger partial charge on any atom is 0.243 e. The van der Waals surface area contributed by atoms with Gasteiger partial charge in [0.05, 0.1) is 29.7 Å². The predicted molar refractivity (Wildman–Crippen MR) is 92.0 cm³/mol. The van der Waals surface area contributed by atoms with Crippen molar-refractivity contribution in [2.24, 2.45) is 5.92 Å². The van der Waals surface area contributed by atoms with Crippen LogP contribution in [0.4, 0.5) is 5.69 Å². The highest BCUT2D eigenvalue weighted by Crippen LogP contribution is 2.18. The molecule has 1 unspecified atom stereocenters. The van der Waals surface area contributed by atoms with Crippen molar-refractivity contribution >= 4 is 27.3 Å². The Hall–Kier alpha value is -2.68. The van der Waals surface area contributed by atoms with Crippen LogP contribution in [0.25, 0.3) is 5.69 Å². The third kappa shape index (κ3) is 4.44. The van der Waals surface area contributed by atoms with E-state index in [1.165, 1.54) is 0 Å². The molecular weight excluding hydrogens is 344 g/mol. The van der Waals surface area contributed by atoms with Crippen LogP contribution >= 0.6 is 0 Å². The van der Waals surface area contributed by atoms with Crippen LogP contribution in [-0.2, 0) is 19.4 Å². The molecule has 132 valence electrons. The van der Waals surface area contributed by atoms with E-state index in [2.05, 4.69) is 15.7 Å². The largest absolute Gasteiger partial charge is 0.347 e. The summed E-state index contributed by atoms with van der Waals surface area (Å²) in [4.78, 5) is 23.8. The van der Waals surface area contributed by atoms with Gasteiger partial charge in [0, 0.05) is 18.1 Å². The monoisotopic (exact) mass is 362 g/mol. The van der Waals surface area contributed by atoms with Gasteiger partial charge in [-0.25, -0.2) is 13.1 Å². The first-order valence-electron chi connectivity index (χ1n) is 7.81. The van der Waals surface area contributed by atoms with Gasteiger partial charge < -0.3 is 10.6 Å². The first-order chi connectivity index (χ1) is 11.9. The Balaban J connectivity index is 1.48. The van der Waals surface area contributed by atoms with Crippen molar-refractivity contribution < 1.29 is 18.0 Å². The van der Waals surface area contributed by atoms with Gasteiger partial charge in [0.1, 0.15) is 0 Å². The molecule has 2 heterocycles. The zero-order valence-electron chi connectivity index (χ0n) is 13.4. The minimum Gasteiger partial charge on any atom is -0.347 e. The van der Waals surface area contributed by atoms with Crippen molar-refractivity contribution in [3.63, 3.8) is 0 Å². The third-order valence-electron chi connectivity index (χ3n) is 3.95. The van der Waals surface area contributed by atoms with Crippen LogP contribution in [0.2, 0.25) is 0 Å². The summed E-state index contributed by atoms with van der Waals surface area (Å²) in [6.45, 7) is -0.198. The smallest absolute Gasteiger partial charge is 0.243 e. The lowest BCUT2D eigenvalue weighted by Gasteiger charge is -2.10. The molecule has 1 saturated heterocycles. The number of carbonyl (C=O) groups is 2. The van der Waals surface area contributed by atoms with Gasteiger partial charge in [-0.15, -0.1) is 0 Å². The van der Waals surface area contributed by atoms with Gasteiger partial charge in [0.2, 0.25) is 11.8 Å². The molecule has 1 aromatic carbocycles. The summed E-state index contributed by atoms with van der Waals surface area (Å²) in [5.74, 6) is -1.45. The average molecular weight is 362 g/mol. The molecule has 0 saturated carbocycles. The maximum absolute atomic E-state index is 11.9. The molecule has 0 bridgehead atoms. The molecule has 25 heavy (non-hydrogen) atoms. The van der Waals surface area contributed by atoms with Gasteiger partial charge in [-0.05, 0) is 36.8 Å². The summed E-state index contributed by atoms with van der Waals surface area (Å²) in [7, 11) is -3.12. The topological polar surface area (TPSA) is 110 Å². The molecule has 3 rings (SSSR count). The SMILES string of the molecule is O=C(CNC(=O)C1CCS(=O)(=O)C1)Nc1ccc(-n2cccn2)cc1. The van der Waals surface area contributed by atoms with E-state index < -0.39 is 21.7 Å². The summed E-state index contributed by atoms with van der Waals surface area (Å²) >= 11 is 0. The number of amides is 2. The Morgan fingerprint density at radius 2 is 2.00 bits per heavy atom. The summed E-state index contributed by atoms with van der Waals surface area (Å²) in [6, 6.07) is 8.91. The maximum atomic E-state index is 11.9. The number of hydrogen-bond acceptors (Lipinski definition) is 5. The molecular formula is C16H18N4O4S. The molecule has 1 aromatic heterocycles. The summed E-state index contributed by atoms with van der Waals surface area (Å²) in [5, 5.41) is 9.27. The molecule has 1 atom stereocenters. The van der Waals surface area contributed by atoms with E-state index in [-0.39, 0.29) is 24.0 Å². The van der Waals surface area contributed by atoms with E-state index in [1.54, 1.807) is 23.0 Å². The van der Waals surface area contributed by atoms with Crippen molar-refractivity contribution in [3.05, 3.63) is 42.7 Å². The second-order valence-corrected chi connectivity index (χ2v) is 8.09. The molecule has 2 N–H and O–H groups in total. The molecule has 9 heteroatoms. The van der Waals surface area contributed by atoms with Crippen molar-refractivity contribution in [3.8, 4) is 5.69 Å². The number of nitrogens with zero attached hydrogens (tertiary/aromatic N) is 2. The van der Waals surface area contributed by atoms with Crippen LogP contribution in [-0.4, -0.2) is 48.1 Å². The zero-order valence-corrected chi connectivity index (χ0v) is 14.2. The fourth-order valence-electron chi connectivity index (χ4n) is 2.64. The van der Waals surface area contributed by atoms with Crippen molar-refractivity contribution in [2.45, 2.75) is 6.42 Å². The molecule has 0 aliphatic carbocycles. The quantitative estimate of drug-likeness (QED) is 0.798. The van der Waals surface area contributed by atoms with Gasteiger partial charge in [-0.2, -0.15) is 5.10 Å². The van der Waals surface area contributed by atoms with Crippen LogP contribution in [0, 0.1) is 5.92 Å². The van der Waals surface area contributed by atoms with E-state index in [0.717, 1.165) is 5.69 Å². The van der Waals surface area contributed by atoms with E-state index in [9.17, 15) is 18.0 Å². The number of benzene rings is 1. The second-order valence-electron chi connectivity index (χ2n) is 5.86. The minimum atomic E-state index is -3.12. The highest BCUT2D eigenvalue weighted by Gasteiger charge is 2.32. The van der Waals surface area contributed by atoms with E-state index >= 15 is 0 Å². The normalized spacial score (nSPS) is 18.6. The van der Waals surface area contributed by atoms with Crippen LogP contribution in [0.3, 0.4) is 0 Å². The number of anilines is 1. The molecule has 1 aliphatic rings. The lowest BCUT2D eigenvalue weighted by Crippen LogP contribution is -2.37. The van der Waals surface area contributed by atoms with Gasteiger partial charge >= 0.3 is 0 Å². The lowest BCUT2D eigenvalue weighted by atomic mass is 10.1. The van der Waals surface area contributed by atoms with Crippen LogP contribution in [0.1, 0.15) is 6.42 Å². The number of sulfone groups is 1. The second kappa shape index (κ2) is 7.06. The Morgan fingerprint density at radius 3 is 2.60 bits per heavy atom. The fraction of sp³-hybridized carbons (Fsp3) is 0.312. The third-order valence-corrected chi connectivity index (χ3v) is 5.71. The Bertz CT molecular complexity index is 860. The van der Waals surface area contributed by atoms with Crippen LogP contribution < -0.4 is 10.6 Å². The van der Waals surface area contributed by atoms with Crippen molar-refractivity contribution in [1.29, 1.82) is 0 Å². The van der Waals surface area contributed by atoms with E-state index in [1.807, 2.05) is 24.4 Å². The highest BCUT2D eigenvalue weighted by molar-refractivity contribution is 7.91. The summed E-state index contributed by atoms with van der Waals surface area (Å²) < 4.78 is 24.4. The number of nitrogens with one attached hydrogen (secondary N) is 2. The number of carbonyl (C=O) groups excluding carboxylic acids is 2. The van der Waals surface area contributed by atoms with Gasteiger partial charge in [-0.1, -0.05) is 0 Å². The molecule has 0 radical (unpaired) electrons. The number of rotatable bonds is 5. The first-order valence-corrected chi connectivity index (χ1v) is 9.63. The summed E-state index contributed by atoms with van der Waals surface area (Å²) in [6.07, 6.45) is 3.80. The average Bonchev–Trinajstić information content (AvgIpc) is 3.23. The predicted octanol–water partition coefficient (Wildman–Crippen LogP) is 0.362. The van der Waals surface area contributed by atoms with Crippen molar-refractivity contribution in [2.75, 3.05) is 23.4 Å². The van der Waals surface area contributed by atoms with E-state index in [4.69, 9.17) is 0 Å². The molecule has 2 amide bonds. The van der Waals surface area contributed by atoms with Crippen LogP contribution in [0.15, 0.2) is 42.7 Å². The van der Waals surface area contributed by atoms with Crippen LogP contribution in [0.5, 0.6) is 0 Å². The standard InChI is InChI=1S/C16H18N4O4S/c21-15(10-17-16(22)12-6-9-25(23,24)11-12)19-13-2-4-14(5-3-13)20-8-1-7-18-20/h1-5,7-8,12H,6,9-11H2,(H,17,22)(H,19,21). The van der Waals surface area contributed by atoms with Crippen molar-refractivity contribution in [1.82, 2.24) is 15.1 Å². The van der Waals surface area contributed by atoms with E-state index in [0.29, 0.717) is 12.1 Å². The van der Waals surface area contributed by atoms with Gasteiger partial charge in [0.25, 0.3) is 0 Å². The Morgan fingerprint density at radius 1 is 1.24 bits per heavy atom. The fourth-order valence-corrected chi connectivity index (χ4v) is 4.38. The summed E-state index contributed by atoms with van der Waals surface area (Å²) in [5.41, 5.74) is 1.46. The minimum absolute atomic E-state index is 0.0277. The lowest BCUT2D eigenvalue weighted by molar-refractivity contribution is -0.126.